The van der Waals surface area contributed by atoms with Crippen LogP contribution in [-0.2, 0) is 14.8 Å². The maximum Gasteiger partial charge on any atom is 0.244 e. The molecular formula is C22H28F2N2O4S. The number of rotatable bonds is 9. The number of methoxy groups -OCH3 is 1. The maximum atomic E-state index is 13.7. The van der Waals surface area contributed by atoms with E-state index in [0.717, 1.165) is 34.3 Å². The molecule has 9 heteroatoms. The first-order chi connectivity index (χ1) is 14.4. The normalized spacial score (nSPS) is 13.5. The van der Waals surface area contributed by atoms with Crippen LogP contribution in [0.4, 0.5) is 14.5 Å². The van der Waals surface area contributed by atoms with Gasteiger partial charge in [0, 0.05) is 6.07 Å². The summed E-state index contributed by atoms with van der Waals surface area (Å²) in [6.45, 7) is 5.42. The number of carbonyl (C=O) groups excluding carboxylic acids is 1. The molecule has 2 rings (SSSR count). The molecule has 170 valence electrons. The molecule has 6 nitrogen and oxygen atoms in total. The van der Waals surface area contributed by atoms with Gasteiger partial charge in [-0.25, -0.2) is 17.2 Å². The molecule has 0 heterocycles. The molecule has 0 bridgehead atoms. The molecule has 0 spiro atoms. The van der Waals surface area contributed by atoms with E-state index in [1.54, 1.807) is 19.2 Å². The van der Waals surface area contributed by atoms with Gasteiger partial charge in [0.25, 0.3) is 0 Å². The zero-order valence-electron chi connectivity index (χ0n) is 18.2. The van der Waals surface area contributed by atoms with E-state index < -0.39 is 33.6 Å². The number of anilines is 1. The number of nitrogens with zero attached hydrogens (tertiary/aromatic N) is 1. The van der Waals surface area contributed by atoms with Crippen LogP contribution in [0.2, 0.25) is 0 Å². The zero-order valence-corrected chi connectivity index (χ0v) is 19.0. The van der Waals surface area contributed by atoms with Crippen LogP contribution in [0.3, 0.4) is 0 Å². The average Bonchev–Trinajstić information content (AvgIpc) is 2.69. The predicted octanol–water partition coefficient (Wildman–Crippen LogP) is 4.03. The van der Waals surface area contributed by atoms with Crippen LogP contribution in [0.1, 0.15) is 38.8 Å². The van der Waals surface area contributed by atoms with Crippen LogP contribution in [0.5, 0.6) is 5.75 Å². The summed E-state index contributed by atoms with van der Waals surface area (Å²) < 4.78 is 57.8. The van der Waals surface area contributed by atoms with Crippen molar-refractivity contribution in [3.05, 3.63) is 59.7 Å². The van der Waals surface area contributed by atoms with E-state index in [2.05, 4.69) is 5.32 Å². The highest BCUT2D eigenvalue weighted by Crippen LogP contribution is 2.26. The van der Waals surface area contributed by atoms with Gasteiger partial charge in [-0.1, -0.05) is 26.0 Å². The van der Waals surface area contributed by atoms with Crippen LogP contribution < -0.4 is 14.4 Å². The molecule has 0 saturated carbocycles. The van der Waals surface area contributed by atoms with E-state index >= 15 is 0 Å². The summed E-state index contributed by atoms with van der Waals surface area (Å²) in [5.74, 6) is -1.94. The van der Waals surface area contributed by atoms with Gasteiger partial charge in [-0.2, -0.15) is 0 Å². The number of ether oxygens (including phenoxy) is 1. The fourth-order valence-corrected chi connectivity index (χ4v) is 4.48. The second-order valence-electron chi connectivity index (χ2n) is 7.80. The fraction of sp³-hybridized carbons (Fsp3) is 0.409. The highest BCUT2D eigenvalue weighted by Gasteiger charge is 2.31. The van der Waals surface area contributed by atoms with E-state index in [9.17, 15) is 22.0 Å². The number of amides is 1. The number of hydrogen-bond donors (Lipinski definition) is 1. The Hall–Kier alpha value is -2.68. The Bertz CT molecular complexity index is 1010. The topological polar surface area (TPSA) is 75.7 Å². The van der Waals surface area contributed by atoms with Gasteiger partial charge in [0.15, 0.2) is 11.6 Å². The third-order valence-corrected chi connectivity index (χ3v) is 6.03. The molecule has 0 unspecified atom stereocenters. The first-order valence-corrected chi connectivity index (χ1v) is 11.7. The maximum absolute atomic E-state index is 13.7. The smallest absolute Gasteiger partial charge is 0.244 e. The van der Waals surface area contributed by atoms with Crippen LogP contribution in [0.25, 0.3) is 0 Å². The lowest BCUT2D eigenvalue weighted by Crippen LogP contribution is -2.48. The quantitative estimate of drug-likeness (QED) is 0.621. The summed E-state index contributed by atoms with van der Waals surface area (Å²) in [5, 5.41) is 2.90. The second-order valence-corrected chi connectivity index (χ2v) is 9.66. The summed E-state index contributed by atoms with van der Waals surface area (Å²) in [6.07, 6.45) is 1.53. The number of sulfonamides is 1. The first kappa shape index (κ1) is 24.6. The Labute approximate surface area is 182 Å². The van der Waals surface area contributed by atoms with Crippen molar-refractivity contribution in [3.8, 4) is 5.75 Å². The van der Waals surface area contributed by atoms with Crippen molar-refractivity contribution in [3.63, 3.8) is 0 Å². The molecule has 1 N–H and O–H groups in total. The standard InChI is InChI=1S/C22H28F2N2O4S/c1-14(2)12-21(16-6-9-18(30-4)10-7-16)25-22(27)15(3)26(31(5,28)29)17-8-11-19(23)20(24)13-17/h6-11,13-15,21H,12H2,1-5H3,(H,25,27)/t15-,21-/m1/s1. The largest absolute Gasteiger partial charge is 0.497 e. The third kappa shape index (κ3) is 6.40. The highest BCUT2D eigenvalue weighted by molar-refractivity contribution is 7.92. The Kier molecular flexibility index (Phi) is 8.00. The third-order valence-electron chi connectivity index (χ3n) is 4.79. The van der Waals surface area contributed by atoms with Crippen molar-refractivity contribution in [1.29, 1.82) is 0 Å². The van der Waals surface area contributed by atoms with Gasteiger partial charge in [-0.15, -0.1) is 0 Å². The highest BCUT2D eigenvalue weighted by atomic mass is 32.2. The molecule has 0 aromatic heterocycles. The molecule has 2 aromatic carbocycles. The van der Waals surface area contributed by atoms with E-state index in [-0.39, 0.29) is 17.6 Å². The minimum absolute atomic E-state index is 0.131. The summed E-state index contributed by atoms with van der Waals surface area (Å²) in [6, 6.07) is 8.38. The summed E-state index contributed by atoms with van der Waals surface area (Å²) >= 11 is 0. The van der Waals surface area contributed by atoms with Gasteiger partial charge in [0.1, 0.15) is 11.8 Å². The zero-order chi connectivity index (χ0) is 23.3. The van der Waals surface area contributed by atoms with Crippen molar-refractivity contribution < 1.29 is 26.7 Å². The fourth-order valence-electron chi connectivity index (χ4n) is 3.31. The Morgan fingerprint density at radius 1 is 1.06 bits per heavy atom. The Morgan fingerprint density at radius 3 is 2.16 bits per heavy atom. The molecule has 0 aliphatic carbocycles. The van der Waals surface area contributed by atoms with Crippen LogP contribution >= 0.6 is 0 Å². The number of halogens is 2. The first-order valence-electron chi connectivity index (χ1n) is 9.82. The van der Waals surface area contributed by atoms with Gasteiger partial charge in [-0.3, -0.25) is 9.10 Å². The Morgan fingerprint density at radius 2 is 1.68 bits per heavy atom. The predicted molar refractivity (Wildman–Crippen MR) is 116 cm³/mol. The molecular weight excluding hydrogens is 426 g/mol. The monoisotopic (exact) mass is 454 g/mol. The van der Waals surface area contributed by atoms with Gasteiger partial charge >= 0.3 is 0 Å². The summed E-state index contributed by atoms with van der Waals surface area (Å²) in [5.41, 5.74) is 0.711. The van der Waals surface area contributed by atoms with Crippen molar-refractivity contribution in [2.45, 2.75) is 39.3 Å². The minimum atomic E-state index is -3.96. The summed E-state index contributed by atoms with van der Waals surface area (Å²) in [7, 11) is -2.40. The number of hydrogen-bond acceptors (Lipinski definition) is 4. The van der Waals surface area contributed by atoms with Gasteiger partial charge < -0.3 is 10.1 Å². The van der Waals surface area contributed by atoms with Gasteiger partial charge in [-0.05, 0) is 49.1 Å². The molecule has 0 aliphatic rings. The van der Waals surface area contributed by atoms with Crippen molar-refractivity contribution >= 4 is 21.6 Å². The molecule has 0 aliphatic heterocycles. The number of carbonyl (C=O) groups is 1. The lowest BCUT2D eigenvalue weighted by atomic mass is 9.96. The number of benzene rings is 2. The van der Waals surface area contributed by atoms with Gasteiger partial charge in [0.05, 0.1) is 25.1 Å². The van der Waals surface area contributed by atoms with E-state index in [1.165, 1.54) is 6.92 Å². The van der Waals surface area contributed by atoms with E-state index in [1.807, 2.05) is 26.0 Å². The second kappa shape index (κ2) is 10.1. The van der Waals surface area contributed by atoms with Crippen molar-refractivity contribution in [1.82, 2.24) is 5.32 Å². The van der Waals surface area contributed by atoms with Gasteiger partial charge in [0.2, 0.25) is 15.9 Å². The summed E-state index contributed by atoms with van der Waals surface area (Å²) in [4.78, 5) is 13.0. The lowest BCUT2D eigenvalue weighted by molar-refractivity contribution is -0.122. The molecule has 2 aromatic rings. The molecule has 0 fully saturated rings. The van der Waals surface area contributed by atoms with Crippen molar-refractivity contribution in [2.24, 2.45) is 5.92 Å². The van der Waals surface area contributed by atoms with Crippen LogP contribution in [0.15, 0.2) is 42.5 Å². The molecule has 31 heavy (non-hydrogen) atoms. The lowest BCUT2D eigenvalue weighted by Gasteiger charge is -2.30. The molecule has 0 radical (unpaired) electrons. The Balaban J connectivity index is 2.33. The number of nitrogens with one attached hydrogen (secondary N) is 1. The SMILES string of the molecule is COc1ccc([C@@H](CC(C)C)NC(=O)[C@@H](C)N(c2ccc(F)c(F)c2)S(C)(=O)=O)cc1. The van der Waals surface area contributed by atoms with E-state index in [4.69, 9.17) is 4.74 Å². The van der Waals surface area contributed by atoms with Crippen molar-refractivity contribution in [2.75, 3.05) is 17.7 Å². The molecule has 1 amide bonds. The van der Waals surface area contributed by atoms with Crippen LogP contribution in [0, 0.1) is 17.6 Å². The average molecular weight is 455 g/mol. The minimum Gasteiger partial charge on any atom is -0.497 e. The molecule has 2 atom stereocenters. The molecule has 0 saturated heterocycles. The van der Waals surface area contributed by atoms with E-state index in [0.29, 0.717) is 12.2 Å². The van der Waals surface area contributed by atoms with Crippen LogP contribution in [-0.4, -0.2) is 33.7 Å².